The smallest absolute Gasteiger partial charge is 0.357 e. The average Bonchev–Trinajstić information content (AvgIpc) is 3.30. The highest BCUT2D eigenvalue weighted by Gasteiger charge is 2.32. The van der Waals surface area contributed by atoms with E-state index >= 15 is 0 Å². The van der Waals surface area contributed by atoms with Crippen LogP contribution in [0.15, 0.2) is 66.7 Å². The third kappa shape index (κ3) is 4.65. The van der Waals surface area contributed by atoms with Crippen molar-refractivity contribution in [2.75, 3.05) is 14.2 Å². The molecule has 4 rings (SSSR count). The molecule has 36 heavy (non-hydrogen) atoms. The number of carbonyl (C=O) groups excluding carboxylic acids is 2. The Balaban J connectivity index is 1.85. The highest BCUT2D eigenvalue weighted by molar-refractivity contribution is 6.07. The van der Waals surface area contributed by atoms with Gasteiger partial charge in [0.15, 0.2) is 23.1 Å². The summed E-state index contributed by atoms with van der Waals surface area (Å²) in [5.74, 6) is -6.27. The van der Waals surface area contributed by atoms with Crippen LogP contribution in [-0.2, 0) is 16.1 Å². The van der Waals surface area contributed by atoms with E-state index in [1.165, 1.54) is 18.9 Å². The molecule has 0 aliphatic heterocycles. The maximum absolute atomic E-state index is 13.6. The molecule has 184 valence electrons. The van der Waals surface area contributed by atoms with Gasteiger partial charge in [0, 0.05) is 17.7 Å². The zero-order chi connectivity index (χ0) is 25.8. The molecular weight excluding hydrogens is 477 g/mol. The molecule has 0 aliphatic carbocycles. The lowest BCUT2D eigenvalue weighted by molar-refractivity contribution is 0.0549. The van der Waals surface area contributed by atoms with Crippen LogP contribution < -0.4 is 4.74 Å². The third-order valence-electron chi connectivity index (χ3n) is 5.28. The summed E-state index contributed by atoms with van der Waals surface area (Å²) in [6.07, 6.45) is 0. The molecule has 0 saturated carbocycles. The van der Waals surface area contributed by atoms with Gasteiger partial charge in [0.25, 0.3) is 0 Å². The second-order valence-corrected chi connectivity index (χ2v) is 7.45. The Bertz CT molecular complexity index is 1410. The van der Waals surface area contributed by atoms with Crippen LogP contribution >= 0.6 is 0 Å². The van der Waals surface area contributed by atoms with E-state index in [0.717, 1.165) is 12.1 Å². The minimum Gasteiger partial charge on any atom is -0.489 e. The van der Waals surface area contributed by atoms with Gasteiger partial charge in [-0.05, 0) is 17.7 Å². The largest absolute Gasteiger partial charge is 0.489 e. The van der Waals surface area contributed by atoms with Crippen LogP contribution in [0.2, 0.25) is 0 Å². The fourth-order valence-electron chi connectivity index (χ4n) is 3.60. The summed E-state index contributed by atoms with van der Waals surface area (Å²) in [5.41, 5.74) is 1.15. The van der Waals surface area contributed by atoms with Crippen molar-refractivity contribution >= 4 is 11.9 Å². The first-order valence-electron chi connectivity index (χ1n) is 10.6. The van der Waals surface area contributed by atoms with Gasteiger partial charge in [-0.1, -0.05) is 42.5 Å². The molecule has 0 saturated heterocycles. The van der Waals surface area contributed by atoms with E-state index < -0.39 is 29.4 Å². The molecule has 1 heterocycles. The molecule has 0 amide bonds. The Morgan fingerprint density at radius 1 is 0.861 bits per heavy atom. The van der Waals surface area contributed by atoms with E-state index in [4.69, 9.17) is 14.2 Å². The van der Waals surface area contributed by atoms with Crippen LogP contribution in [0.5, 0.6) is 5.75 Å². The number of ether oxygens (including phenoxy) is 3. The maximum Gasteiger partial charge on any atom is 0.357 e. The van der Waals surface area contributed by atoms with Crippen LogP contribution in [0.1, 0.15) is 26.4 Å². The molecule has 0 radical (unpaired) electrons. The number of benzene rings is 3. The fraction of sp³-hybridized carbons (Fsp3) is 0.115. The van der Waals surface area contributed by atoms with Crippen molar-refractivity contribution in [3.8, 4) is 22.7 Å². The van der Waals surface area contributed by atoms with Crippen molar-refractivity contribution in [3.05, 3.63) is 101 Å². The van der Waals surface area contributed by atoms with Crippen LogP contribution in [0, 0.1) is 17.5 Å². The summed E-state index contributed by atoms with van der Waals surface area (Å²) in [6, 6.07) is 16.7. The molecule has 0 aliphatic rings. The first-order chi connectivity index (χ1) is 17.3. The van der Waals surface area contributed by atoms with Gasteiger partial charge in [-0.15, -0.1) is 0 Å². The monoisotopic (exact) mass is 496 g/mol. The van der Waals surface area contributed by atoms with Crippen LogP contribution in [0.25, 0.3) is 16.9 Å². The maximum atomic E-state index is 13.6. The highest BCUT2D eigenvalue weighted by Crippen LogP contribution is 2.32. The zero-order valence-corrected chi connectivity index (χ0v) is 19.1. The Hall–Kier alpha value is -4.60. The molecule has 3 aromatic carbocycles. The van der Waals surface area contributed by atoms with Gasteiger partial charge < -0.3 is 14.2 Å². The second kappa shape index (κ2) is 10.3. The number of hydrogen-bond donors (Lipinski definition) is 0. The Morgan fingerprint density at radius 2 is 1.47 bits per heavy atom. The molecule has 0 bridgehead atoms. The van der Waals surface area contributed by atoms with Crippen molar-refractivity contribution < 1.29 is 37.0 Å². The number of para-hydroxylation sites is 1. The summed E-state index contributed by atoms with van der Waals surface area (Å²) >= 11 is 0. The number of hydrogen-bond acceptors (Lipinski definition) is 6. The summed E-state index contributed by atoms with van der Waals surface area (Å²) in [6.45, 7) is -0.215. The molecule has 10 heteroatoms. The molecule has 0 atom stereocenters. The molecule has 7 nitrogen and oxygen atoms in total. The van der Waals surface area contributed by atoms with Crippen LogP contribution in [0.4, 0.5) is 13.2 Å². The molecule has 4 aromatic rings. The van der Waals surface area contributed by atoms with Crippen molar-refractivity contribution in [2.45, 2.75) is 6.61 Å². The van der Waals surface area contributed by atoms with Gasteiger partial charge in [-0.3, -0.25) is 0 Å². The number of aromatic nitrogens is 2. The minimum atomic E-state index is -1.60. The molecule has 0 fully saturated rings. The lowest BCUT2D eigenvalue weighted by Crippen LogP contribution is -2.15. The van der Waals surface area contributed by atoms with Crippen molar-refractivity contribution in [1.82, 2.24) is 9.78 Å². The summed E-state index contributed by atoms with van der Waals surface area (Å²) in [7, 11) is 2.34. The van der Waals surface area contributed by atoms with Crippen LogP contribution in [0.3, 0.4) is 0 Å². The lowest BCUT2D eigenvalue weighted by Gasteiger charge is -2.11. The summed E-state index contributed by atoms with van der Waals surface area (Å²) in [5, 5.41) is 4.53. The van der Waals surface area contributed by atoms with Gasteiger partial charge >= 0.3 is 11.9 Å². The fourth-order valence-corrected chi connectivity index (χ4v) is 3.60. The predicted molar refractivity (Wildman–Crippen MR) is 122 cm³/mol. The number of rotatable bonds is 7. The Morgan fingerprint density at radius 3 is 2.11 bits per heavy atom. The molecular formula is C26H19F3N2O5. The zero-order valence-electron chi connectivity index (χ0n) is 19.1. The molecule has 0 spiro atoms. The van der Waals surface area contributed by atoms with Crippen molar-refractivity contribution in [1.29, 1.82) is 0 Å². The molecule has 0 N–H and O–H groups in total. The molecule has 1 aromatic heterocycles. The topological polar surface area (TPSA) is 79.7 Å². The van der Waals surface area contributed by atoms with Gasteiger partial charge in [0.05, 0.1) is 19.9 Å². The molecule has 0 unspecified atom stereocenters. The number of methoxy groups -OCH3 is 2. The van der Waals surface area contributed by atoms with Crippen LogP contribution in [-0.4, -0.2) is 35.9 Å². The Kier molecular flexibility index (Phi) is 7.05. The van der Waals surface area contributed by atoms with E-state index in [9.17, 15) is 22.8 Å². The Labute approximate surface area is 203 Å². The first kappa shape index (κ1) is 24.5. The van der Waals surface area contributed by atoms with E-state index in [0.29, 0.717) is 16.8 Å². The van der Waals surface area contributed by atoms with Gasteiger partial charge in [-0.25, -0.2) is 27.4 Å². The van der Waals surface area contributed by atoms with Gasteiger partial charge in [0.1, 0.15) is 23.6 Å². The van der Waals surface area contributed by atoms with E-state index in [1.807, 2.05) is 0 Å². The average molecular weight is 496 g/mol. The second-order valence-electron chi connectivity index (χ2n) is 7.45. The number of esters is 2. The first-order valence-corrected chi connectivity index (χ1v) is 10.6. The van der Waals surface area contributed by atoms with E-state index in [-0.39, 0.29) is 29.3 Å². The highest BCUT2D eigenvalue weighted by atomic mass is 19.2. The number of halogens is 3. The lowest BCUT2D eigenvalue weighted by atomic mass is 10.0. The summed E-state index contributed by atoms with van der Waals surface area (Å²) < 4.78 is 57.1. The van der Waals surface area contributed by atoms with Crippen molar-refractivity contribution in [2.24, 2.45) is 0 Å². The number of nitrogens with zero attached hydrogens (tertiary/aromatic N) is 2. The summed E-state index contributed by atoms with van der Waals surface area (Å²) in [4.78, 5) is 25.6. The standard InChI is InChI=1S/C26H19F3N2O5/c1-34-25(32)21-23(30-31(24(21)26(33)35-2)16-9-4-3-5-10-16)18-11-7-6-8-15(18)14-36-17-12-19(27)22(29)20(28)13-17/h3-13H,14H2,1-2H3. The predicted octanol–water partition coefficient (Wildman–Crippen LogP) is 5.11. The number of carbonyl (C=O) groups is 2. The normalized spacial score (nSPS) is 10.7. The third-order valence-corrected chi connectivity index (χ3v) is 5.28. The SMILES string of the molecule is COC(=O)c1c(-c2ccccc2COc2cc(F)c(F)c(F)c2)nn(-c2ccccc2)c1C(=O)OC. The van der Waals surface area contributed by atoms with E-state index in [2.05, 4.69) is 5.10 Å². The van der Waals surface area contributed by atoms with Gasteiger partial charge in [-0.2, -0.15) is 5.10 Å². The van der Waals surface area contributed by atoms with Crippen molar-refractivity contribution in [3.63, 3.8) is 0 Å². The minimum absolute atomic E-state index is 0.0989. The van der Waals surface area contributed by atoms with E-state index in [1.54, 1.807) is 54.6 Å². The quantitative estimate of drug-likeness (QED) is 0.261. The van der Waals surface area contributed by atoms with Gasteiger partial charge in [0.2, 0.25) is 0 Å².